The minimum Gasteiger partial charge on any atom is -0.302 e. The van der Waals surface area contributed by atoms with E-state index in [0.717, 1.165) is 42.4 Å². The van der Waals surface area contributed by atoms with Crippen LogP contribution >= 0.6 is 0 Å². The predicted molar refractivity (Wildman–Crippen MR) is 91.7 cm³/mol. The van der Waals surface area contributed by atoms with Crippen molar-refractivity contribution in [3.8, 4) is 0 Å². The summed E-state index contributed by atoms with van der Waals surface area (Å²) in [5.74, 6) is 1.80. The summed E-state index contributed by atoms with van der Waals surface area (Å²) < 4.78 is 0. The van der Waals surface area contributed by atoms with Gasteiger partial charge in [-0.05, 0) is 40.2 Å². The van der Waals surface area contributed by atoms with Gasteiger partial charge in [0.1, 0.15) is 11.6 Å². The first-order chi connectivity index (χ1) is 11.1. The average molecular weight is 316 g/mol. The third-order valence-electron chi connectivity index (χ3n) is 5.32. The molecule has 2 aliphatic rings. The largest absolute Gasteiger partial charge is 0.302 e. The Labute approximate surface area is 139 Å². The Hall–Kier alpha value is -1.49. The van der Waals surface area contributed by atoms with Crippen LogP contribution in [0, 0.1) is 13.8 Å². The Morgan fingerprint density at radius 3 is 2.61 bits per heavy atom. The summed E-state index contributed by atoms with van der Waals surface area (Å²) in [6.45, 7) is 5.57. The van der Waals surface area contributed by atoms with E-state index in [-0.39, 0.29) is 5.91 Å². The summed E-state index contributed by atoms with van der Waals surface area (Å²) in [6, 6.07) is 0.678. The third-order valence-corrected chi connectivity index (χ3v) is 5.32. The molecule has 5 heteroatoms. The zero-order chi connectivity index (χ0) is 16.4. The van der Waals surface area contributed by atoms with Crippen LogP contribution in [-0.4, -0.2) is 47.0 Å². The number of anilines is 1. The molecule has 1 aliphatic carbocycles. The number of fused-ring (bicyclic) bond motifs is 1. The van der Waals surface area contributed by atoms with Crippen molar-refractivity contribution in [1.29, 1.82) is 0 Å². The first kappa shape index (κ1) is 16.4. The Morgan fingerprint density at radius 2 is 1.87 bits per heavy atom. The van der Waals surface area contributed by atoms with E-state index in [0.29, 0.717) is 12.5 Å². The lowest BCUT2D eigenvalue weighted by molar-refractivity contribution is -0.119. The number of amides is 1. The number of likely N-dealkylation sites (N-methyl/N-ethyl adjacent to an activating group) is 1. The van der Waals surface area contributed by atoms with Crippen LogP contribution in [0.25, 0.3) is 0 Å². The molecule has 5 nitrogen and oxygen atoms in total. The molecule has 2 heterocycles. The molecular weight excluding hydrogens is 288 g/mol. The van der Waals surface area contributed by atoms with E-state index in [4.69, 9.17) is 0 Å². The summed E-state index contributed by atoms with van der Waals surface area (Å²) in [7, 11) is 2.20. The number of carbonyl (C=O) groups is 1. The predicted octanol–water partition coefficient (Wildman–Crippen LogP) is 2.64. The molecule has 0 saturated heterocycles. The lowest BCUT2D eigenvalue weighted by Crippen LogP contribution is -2.44. The van der Waals surface area contributed by atoms with Crippen molar-refractivity contribution in [1.82, 2.24) is 14.9 Å². The second-order valence-corrected chi connectivity index (χ2v) is 6.98. The maximum absolute atomic E-state index is 12.4. The summed E-state index contributed by atoms with van der Waals surface area (Å²) in [5.41, 5.74) is 2.17. The monoisotopic (exact) mass is 316 g/mol. The number of carbonyl (C=O) groups excluding carboxylic acids is 1. The topological polar surface area (TPSA) is 49.3 Å². The highest BCUT2D eigenvalue weighted by Gasteiger charge is 2.28. The van der Waals surface area contributed by atoms with Crippen LogP contribution in [0.15, 0.2) is 0 Å². The van der Waals surface area contributed by atoms with Crippen LogP contribution in [0.4, 0.5) is 5.82 Å². The molecule has 1 aliphatic heterocycles. The van der Waals surface area contributed by atoms with Crippen molar-refractivity contribution in [2.45, 2.75) is 64.8 Å². The van der Waals surface area contributed by atoms with Crippen LogP contribution in [0.5, 0.6) is 0 Å². The Kier molecular flexibility index (Phi) is 4.95. The van der Waals surface area contributed by atoms with E-state index in [9.17, 15) is 4.79 Å². The molecule has 1 aromatic rings. The van der Waals surface area contributed by atoms with Gasteiger partial charge < -0.3 is 4.90 Å². The van der Waals surface area contributed by atoms with Crippen molar-refractivity contribution in [3.63, 3.8) is 0 Å². The average Bonchev–Trinajstić information content (AvgIpc) is 2.54. The van der Waals surface area contributed by atoms with Gasteiger partial charge in [-0.2, -0.15) is 0 Å². The molecule has 3 rings (SSSR count). The van der Waals surface area contributed by atoms with Gasteiger partial charge in [-0.25, -0.2) is 9.97 Å². The Morgan fingerprint density at radius 1 is 1.13 bits per heavy atom. The molecule has 1 aromatic heterocycles. The zero-order valence-corrected chi connectivity index (χ0v) is 14.6. The molecule has 0 spiro atoms. The van der Waals surface area contributed by atoms with Crippen LogP contribution in [0.3, 0.4) is 0 Å². The highest BCUT2D eigenvalue weighted by atomic mass is 16.2. The van der Waals surface area contributed by atoms with E-state index in [1.165, 1.54) is 32.1 Å². The van der Waals surface area contributed by atoms with E-state index < -0.39 is 0 Å². The second-order valence-electron chi connectivity index (χ2n) is 6.98. The van der Waals surface area contributed by atoms with Gasteiger partial charge in [0.05, 0.1) is 0 Å². The van der Waals surface area contributed by atoms with Crippen LogP contribution in [0.2, 0.25) is 0 Å². The summed E-state index contributed by atoms with van der Waals surface area (Å²) in [6.07, 6.45) is 7.99. The maximum atomic E-state index is 12.4. The summed E-state index contributed by atoms with van der Waals surface area (Å²) >= 11 is 0. The van der Waals surface area contributed by atoms with Gasteiger partial charge in [0.15, 0.2) is 0 Å². The SMILES string of the molecule is Cc1nc(C)c2c(n1)N(CCN(C)C1CCCCC1)C(=O)CC2. The van der Waals surface area contributed by atoms with E-state index in [1.54, 1.807) is 0 Å². The molecule has 0 N–H and O–H groups in total. The summed E-state index contributed by atoms with van der Waals surface area (Å²) in [4.78, 5) is 25.8. The number of hydrogen-bond donors (Lipinski definition) is 0. The van der Waals surface area contributed by atoms with Gasteiger partial charge in [0.2, 0.25) is 5.91 Å². The van der Waals surface area contributed by atoms with Crippen molar-refractivity contribution in [2.75, 3.05) is 25.0 Å². The number of aromatic nitrogens is 2. The lowest BCUT2D eigenvalue weighted by atomic mass is 9.94. The van der Waals surface area contributed by atoms with E-state index in [1.807, 2.05) is 18.7 Å². The third kappa shape index (κ3) is 3.55. The van der Waals surface area contributed by atoms with E-state index >= 15 is 0 Å². The first-order valence-corrected chi connectivity index (χ1v) is 8.91. The smallest absolute Gasteiger partial charge is 0.228 e. The fourth-order valence-corrected chi connectivity index (χ4v) is 3.91. The van der Waals surface area contributed by atoms with Gasteiger partial charge in [-0.3, -0.25) is 9.69 Å². The van der Waals surface area contributed by atoms with Gasteiger partial charge in [0.25, 0.3) is 0 Å². The normalized spacial score (nSPS) is 19.3. The van der Waals surface area contributed by atoms with Gasteiger partial charge in [-0.15, -0.1) is 0 Å². The molecule has 1 amide bonds. The van der Waals surface area contributed by atoms with Crippen LogP contribution < -0.4 is 4.90 Å². The molecule has 1 fully saturated rings. The quantitative estimate of drug-likeness (QED) is 0.857. The second kappa shape index (κ2) is 6.95. The molecular formula is C18H28N4O. The Balaban J connectivity index is 1.71. The van der Waals surface area contributed by atoms with Crippen molar-refractivity contribution < 1.29 is 4.79 Å². The minimum atomic E-state index is 0.201. The maximum Gasteiger partial charge on any atom is 0.228 e. The number of rotatable bonds is 4. The lowest BCUT2D eigenvalue weighted by Gasteiger charge is -2.34. The molecule has 0 aromatic carbocycles. The molecule has 0 unspecified atom stereocenters. The van der Waals surface area contributed by atoms with Crippen LogP contribution in [-0.2, 0) is 11.2 Å². The fourth-order valence-electron chi connectivity index (χ4n) is 3.91. The Bertz CT molecular complexity index is 581. The molecule has 0 bridgehead atoms. The summed E-state index contributed by atoms with van der Waals surface area (Å²) in [5, 5.41) is 0. The zero-order valence-electron chi connectivity index (χ0n) is 14.6. The molecule has 0 atom stereocenters. The number of hydrogen-bond acceptors (Lipinski definition) is 4. The number of aryl methyl sites for hydroxylation is 2. The first-order valence-electron chi connectivity index (χ1n) is 8.91. The minimum absolute atomic E-state index is 0.201. The number of nitrogens with zero attached hydrogens (tertiary/aromatic N) is 4. The highest BCUT2D eigenvalue weighted by Crippen LogP contribution is 2.28. The molecule has 23 heavy (non-hydrogen) atoms. The standard InChI is InChI=1S/C18H28N4O/c1-13-16-9-10-17(23)22(18(16)20-14(2)19-13)12-11-21(3)15-7-5-4-6-8-15/h15H,4-12H2,1-3H3. The van der Waals surface area contributed by atoms with Gasteiger partial charge in [-0.1, -0.05) is 19.3 Å². The van der Waals surface area contributed by atoms with Crippen molar-refractivity contribution >= 4 is 11.7 Å². The van der Waals surface area contributed by atoms with Gasteiger partial charge >= 0.3 is 0 Å². The van der Waals surface area contributed by atoms with Crippen molar-refractivity contribution in [3.05, 3.63) is 17.1 Å². The fraction of sp³-hybridized carbons (Fsp3) is 0.722. The van der Waals surface area contributed by atoms with Crippen LogP contribution in [0.1, 0.15) is 55.6 Å². The van der Waals surface area contributed by atoms with Gasteiger partial charge in [0, 0.05) is 36.8 Å². The highest BCUT2D eigenvalue weighted by molar-refractivity contribution is 5.95. The molecule has 126 valence electrons. The van der Waals surface area contributed by atoms with Crippen molar-refractivity contribution in [2.24, 2.45) is 0 Å². The molecule has 0 radical (unpaired) electrons. The molecule has 1 saturated carbocycles. The van der Waals surface area contributed by atoms with E-state index in [2.05, 4.69) is 21.9 Å².